The average Bonchev–Trinajstić information content (AvgIpc) is 2.93. The first-order valence-corrected chi connectivity index (χ1v) is 10.3. The lowest BCUT2D eigenvalue weighted by Crippen LogP contribution is -2.07. The summed E-state index contributed by atoms with van der Waals surface area (Å²) >= 11 is 3.26. The van der Waals surface area contributed by atoms with E-state index >= 15 is 0 Å². The number of carbonyl (C=O) groups is 1. The van der Waals surface area contributed by atoms with Crippen LogP contribution in [0.4, 0.5) is 0 Å². The third kappa shape index (κ3) is 3.76. The molecule has 6 nitrogen and oxygen atoms in total. The van der Waals surface area contributed by atoms with Crippen LogP contribution in [0.3, 0.4) is 0 Å². The highest BCUT2D eigenvalue weighted by Crippen LogP contribution is 2.39. The summed E-state index contributed by atoms with van der Waals surface area (Å²) in [6, 6.07) is 12.1. The van der Waals surface area contributed by atoms with Crippen molar-refractivity contribution in [3.8, 4) is 17.1 Å². The Hall–Kier alpha value is -2.32. The Morgan fingerprint density at radius 3 is 2.50 bits per heavy atom. The third-order valence-corrected chi connectivity index (χ3v) is 4.60. The Morgan fingerprint density at radius 2 is 1.88 bits per heavy atom. The van der Waals surface area contributed by atoms with E-state index < -0.39 is 16.1 Å². The number of furan rings is 1. The summed E-state index contributed by atoms with van der Waals surface area (Å²) in [5.74, 6) is -0.147. The van der Waals surface area contributed by atoms with Gasteiger partial charge in [-0.3, -0.25) is 0 Å². The van der Waals surface area contributed by atoms with E-state index in [0.29, 0.717) is 26.8 Å². The number of carbonyl (C=O) groups excluding carboxylic acids is 1. The van der Waals surface area contributed by atoms with Crippen LogP contribution in [0.5, 0.6) is 5.75 Å². The first kappa shape index (κ1) is 18.5. The number of ether oxygens (including phenoxy) is 1. The van der Waals surface area contributed by atoms with E-state index in [-0.39, 0.29) is 17.9 Å². The summed E-state index contributed by atoms with van der Waals surface area (Å²) in [7, 11) is -3.73. The predicted octanol–water partition coefficient (Wildman–Crippen LogP) is 4.38. The fourth-order valence-electron chi connectivity index (χ4n) is 2.52. The molecule has 8 heteroatoms. The van der Waals surface area contributed by atoms with E-state index in [1.165, 1.54) is 6.07 Å². The van der Waals surface area contributed by atoms with Crippen LogP contribution in [0.15, 0.2) is 51.4 Å². The molecule has 0 saturated heterocycles. The number of fused-ring (bicyclic) bond motifs is 1. The van der Waals surface area contributed by atoms with E-state index in [0.717, 1.165) is 6.26 Å². The van der Waals surface area contributed by atoms with Gasteiger partial charge < -0.3 is 13.3 Å². The van der Waals surface area contributed by atoms with E-state index in [2.05, 4.69) is 15.9 Å². The summed E-state index contributed by atoms with van der Waals surface area (Å²) in [4.78, 5) is 12.5. The summed E-state index contributed by atoms with van der Waals surface area (Å²) in [6.45, 7) is 1.90. The SMILES string of the molecule is CCOC(=O)c1c(-c2ccccc2)oc2cc(Br)c(OS(C)(=O)=O)cc12. The molecule has 2 aromatic carbocycles. The van der Waals surface area contributed by atoms with Gasteiger partial charge in [0.15, 0.2) is 5.75 Å². The summed E-state index contributed by atoms with van der Waals surface area (Å²) in [6.07, 6.45) is 0.945. The van der Waals surface area contributed by atoms with Gasteiger partial charge in [-0.2, -0.15) is 8.42 Å². The van der Waals surface area contributed by atoms with E-state index in [9.17, 15) is 13.2 Å². The van der Waals surface area contributed by atoms with Gasteiger partial charge in [-0.25, -0.2) is 4.79 Å². The van der Waals surface area contributed by atoms with Gasteiger partial charge in [0, 0.05) is 10.9 Å². The van der Waals surface area contributed by atoms with Gasteiger partial charge in [-0.05, 0) is 35.0 Å². The first-order chi connectivity index (χ1) is 12.3. The number of esters is 1. The topological polar surface area (TPSA) is 82.8 Å². The molecule has 0 fully saturated rings. The molecule has 26 heavy (non-hydrogen) atoms. The van der Waals surface area contributed by atoms with Crippen LogP contribution >= 0.6 is 15.9 Å². The largest absolute Gasteiger partial charge is 0.462 e. The monoisotopic (exact) mass is 438 g/mol. The summed E-state index contributed by atoms with van der Waals surface area (Å²) in [5.41, 5.74) is 1.33. The van der Waals surface area contributed by atoms with Gasteiger partial charge in [-0.15, -0.1) is 0 Å². The molecule has 0 atom stereocenters. The number of hydrogen-bond acceptors (Lipinski definition) is 6. The molecular formula is C18H15BrO6S. The van der Waals surface area contributed by atoms with Crippen molar-refractivity contribution < 1.29 is 26.5 Å². The van der Waals surface area contributed by atoms with Crippen molar-refractivity contribution in [3.05, 3.63) is 52.5 Å². The molecule has 0 aliphatic carbocycles. The maximum Gasteiger partial charge on any atom is 0.342 e. The predicted molar refractivity (Wildman–Crippen MR) is 101 cm³/mol. The second-order valence-electron chi connectivity index (χ2n) is 5.46. The minimum absolute atomic E-state index is 0.0611. The van der Waals surface area contributed by atoms with Gasteiger partial charge in [0.2, 0.25) is 0 Å². The molecule has 0 N–H and O–H groups in total. The Labute approximate surface area is 159 Å². The van der Waals surface area contributed by atoms with Crippen molar-refractivity contribution in [2.75, 3.05) is 12.9 Å². The van der Waals surface area contributed by atoms with Crippen molar-refractivity contribution in [2.45, 2.75) is 6.92 Å². The third-order valence-electron chi connectivity index (χ3n) is 3.50. The van der Waals surface area contributed by atoms with Gasteiger partial charge >= 0.3 is 16.1 Å². The molecule has 0 aliphatic heterocycles. The van der Waals surface area contributed by atoms with E-state index in [1.807, 2.05) is 30.3 Å². The first-order valence-electron chi connectivity index (χ1n) is 7.68. The zero-order valence-electron chi connectivity index (χ0n) is 14.0. The number of halogens is 1. The maximum atomic E-state index is 12.5. The van der Waals surface area contributed by atoms with E-state index in [1.54, 1.807) is 13.0 Å². The Bertz CT molecular complexity index is 1070. The number of rotatable bonds is 5. The molecule has 0 bridgehead atoms. The molecule has 3 aromatic rings. The molecule has 0 saturated carbocycles. The van der Waals surface area contributed by atoms with Crippen molar-refractivity contribution in [2.24, 2.45) is 0 Å². The minimum Gasteiger partial charge on any atom is -0.462 e. The lowest BCUT2D eigenvalue weighted by molar-refractivity contribution is 0.0528. The van der Waals surface area contributed by atoms with Gasteiger partial charge in [0.05, 0.1) is 17.3 Å². The normalized spacial score (nSPS) is 11.5. The molecule has 136 valence electrons. The van der Waals surface area contributed by atoms with Crippen LogP contribution in [0.1, 0.15) is 17.3 Å². The maximum absolute atomic E-state index is 12.5. The second kappa shape index (κ2) is 7.13. The summed E-state index contributed by atoms with van der Waals surface area (Å²) in [5, 5.41) is 0.407. The van der Waals surface area contributed by atoms with Gasteiger partial charge in [0.25, 0.3) is 0 Å². The minimum atomic E-state index is -3.73. The van der Waals surface area contributed by atoms with Crippen LogP contribution < -0.4 is 4.18 Å². The van der Waals surface area contributed by atoms with Crippen LogP contribution in [0.25, 0.3) is 22.3 Å². The lowest BCUT2D eigenvalue weighted by atomic mass is 10.1. The molecule has 3 rings (SSSR count). The second-order valence-corrected chi connectivity index (χ2v) is 7.89. The van der Waals surface area contributed by atoms with Gasteiger partial charge in [-0.1, -0.05) is 30.3 Å². The van der Waals surface area contributed by atoms with Crippen LogP contribution in [-0.2, 0) is 14.9 Å². The van der Waals surface area contributed by atoms with Crippen molar-refractivity contribution in [3.63, 3.8) is 0 Å². The fraction of sp³-hybridized carbons (Fsp3) is 0.167. The Balaban J connectivity index is 2.28. The molecule has 0 radical (unpaired) electrons. The van der Waals surface area contributed by atoms with Crippen molar-refractivity contribution in [1.82, 2.24) is 0 Å². The molecule has 0 spiro atoms. The zero-order valence-corrected chi connectivity index (χ0v) is 16.4. The molecule has 1 heterocycles. The average molecular weight is 439 g/mol. The quantitative estimate of drug-likeness (QED) is 0.434. The smallest absolute Gasteiger partial charge is 0.342 e. The fourth-order valence-corrected chi connectivity index (χ4v) is 3.50. The summed E-state index contributed by atoms with van der Waals surface area (Å²) < 4.78 is 39.4. The van der Waals surface area contributed by atoms with Crippen LogP contribution in [0, 0.1) is 0 Å². The van der Waals surface area contributed by atoms with E-state index in [4.69, 9.17) is 13.3 Å². The molecular weight excluding hydrogens is 424 g/mol. The van der Waals surface area contributed by atoms with Gasteiger partial charge in [0.1, 0.15) is 16.9 Å². The Morgan fingerprint density at radius 1 is 1.19 bits per heavy atom. The standard InChI is InChI=1S/C18H15BrO6S/c1-3-23-18(20)16-12-9-15(25-26(2,21)22)13(19)10-14(12)24-17(16)11-7-5-4-6-8-11/h4-10H,3H2,1-2H3. The highest BCUT2D eigenvalue weighted by Gasteiger charge is 2.25. The van der Waals surface area contributed by atoms with Crippen molar-refractivity contribution >= 4 is 43.0 Å². The molecule has 0 amide bonds. The lowest BCUT2D eigenvalue weighted by Gasteiger charge is -2.06. The number of benzene rings is 2. The molecule has 0 unspecified atom stereocenters. The Kier molecular flexibility index (Phi) is 5.06. The highest BCUT2D eigenvalue weighted by molar-refractivity contribution is 9.10. The van der Waals surface area contributed by atoms with Crippen LogP contribution in [-0.4, -0.2) is 27.2 Å². The number of hydrogen-bond donors (Lipinski definition) is 0. The molecule has 1 aromatic heterocycles. The molecule has 0 aliphatic rings. The zero-order chi connectivity index (χ0) is 18.9. The highest BCUT2D eigenvalue weighted by atomic mass is 79.9. The van der Waals surface area contributed by atoms with Crippen LogP contribution in [0.2, 0.25) is 0 Å². The van der Waals surface area contributed by atoms with Crippen molar-refractivity contribution in [1.29, 1.82) is 0 Å².